The van der Waals surface area contributed by atoms with Gasteiger partial charge in [0.15, 0.2) is 5.96 Å². The van der Waals surface area contributed by atoms with Gasteiger partial charge in [0.25, 0.3) is 0 Å². The minimum atomic E-state index is 0.508. The fraction of sp³-hybridized carbons (Fsp3) is 0.235. The minimum Gasteiger partial charge on any atom is -0.444 e. The molecule has 2 heterocycles. The average Bonchev–Trinajstić information content (AvgIpc) is 3.27. The number of oxazole rings is 1. The number of rotatable bonds is 5. The first-order valence-electron chi connectivity index (χ1n) is 7.60. The van der Waals surface area contributed by atoms with Crippen molar-refractivity contribution in [3.8, 4) is 11.5 Å². The van der Waals surface area contributed by atoms with Crippen molar-refractivity contribution in [1.82, 2.24) is 20.8 Å². The summed E-state index contributed by atoms with van der Waals surface area (Å²) in [7, 11) is 1.71. The largest absolute Gasteiger partial charge is 0.444 e. The molecule has 0 bridgehead atoms. The molecule has 0 aliphatic carbocycles. The number of nitrogens with one attached hydrogen (secondary N) is 2. The van der Waals surface area contributed by atoms with E-state index < -0.39 is 0 Å². The van der Waals surface area contributed by atoms with Crippen molar-refractivity contribution in [3.63, 3.8) is 0 Å². The van der Waals surface area contributed by atoms with Crippen LogP contribution in [0.25, 0.3) is 11.5 Å². The van der Waals surface area contributed by atoms with Crippen LogP contribution in [-0.2, 0) is 13.1 Å². The number of nitrogens with zero attached hydrogens (tertiary/aromatic N) is 3. The molecule has 0 atom stereocenters. The van der Waals surface area contributed by atoms with Crippen molar-refractivity contribution >= 4 is 5.96 Å². The highest BCUT2D eigenvalue weighted by atomic mass is 16.5. The first-order chi connectivity index (χ1) is 11.7. The van der Waals surface area contributed by atoms with Gasteiger partial charge >= 0.3 is 0 Å². The Labute approximate surface area is 139 Å². The lowest BCUT2D eigenvalue weighted by Gasteiger charge is -2.09. The Morgan fingerprint density at radius 2 is 1.83 bits per heavy atom. The van der Waals surface area contributed by atoms with Crippen LogP contribution in [0.3, 0.4) is 0 Å². The Hall–Kier alpha value is -3.09. The van der Waals surface area contributed by atoms with E-state index >= 15 is 0 Å². The van der Waals surface area contributed by atoms with Crippen molar-refractivity contribution in [2.75, 3.05) is 7.05 Å². The Kier molecular flexibility index (Phi) is 4.90. The van der Waals surface area contributed by atoms with Crippen LogP contribution in [0.15, 0.2) is 56.8 Å². The number of benzene rings is 1. The number of aromatic nitrogens is 2. The maximum absolute atomic E-state index is 5.54. The molecule has 0 spiro atoms. The normalized spacial score (nSPS) is 11.5. The van der Waals surface area contributed by atoms with Gasteiger partial charge in [0.05, 0.1) is 18.8 Å². The van der Waals surface area contributed by atoms with E-state index in [4.69, 9.17) is 8.94 Å². The maximum atomic E-state index is 5.54. The maximum Gasteiger partial charge on any atom is 0.226 e. The van der Waals surface area contributed by atoms with Gasteiger partial charge in [-0.2, -0.15) is 0 Å². The van der Waals surface area contributed by atoms with Crippen LogP contribution in [0, 0.1) is 6.92 Å². The summed E-state index contributed by atoms with van der Waals surface area (Å²) in [6, 6.07) is 9.86. The average molecular weight is 325 g/mol. The fourth-order valence-corrected chi connectivity index (χ4v) is 2.11. The van der Waals surface area contributed by atoms with E-state index in [1.165, 1.54) is 11.8 Å². The van der Waals surface area contributed by atoms with E-state index in [0.717, 1.165) is 17.0 Å². The molecule has 0 amide bonds. The van der Waals surface area contributed by atoms with Gasteiger partial charge < -0.3 is 19.6 Å². The smallest absolute Gasteiger partial charge is 0.226 e. The zero-order valence-corrected chi connectivity index (χ0v) is 13.6. The fourth-order valence-electron chi connectivity index (χ4n) is 2.11. The van der Waals surface area contributed by atoms with E-state index in [1.807, 2.05) is 31.2 Å². The summed E-state index contributed by atoms with van der Waals surface area (Å²) in [5.74, 6) is 1.26. The lowest BCUT2D eigenvalue weighted by molar-refractivity contribution is 0.410. The molecule has 0 aliphatic rings. The molecule has 3 rings (SSSR count). The van der Waals surface area contributed by atoms with E-state index in [9.17, 15) is 0 Å². The lowest BCUT2D eigenvalue weighted by atomic mass is 10.1. The number of aryl methyl sites for hydroxylation is 1. The standard InChI is InChI=1S/C17H19N5O2/c1-12-3-5-13(6-4-12)16-21-15(11-23-16)10-20-17(18-2)19-9-14-7-8-24-22-14/h3-8,11H,9-10H2,1-2H3,(H2,18,19,20). The number of hydrogen-bond acceptors (Lipinski definition) is 5. The van der Waals surface area contributed by atoms with Gasteiger partial charge in [-0.1, -0.05) is 22.9 Å². The van der Waals surface area contributed by atoms with Gasteiger partial charge in [0.2, 0.25) is 5.89 Å². The van der Waals surface area contributed by atoms with Crippen molar-refractivity contribution in [3.05, 3.63) is 59.8 Å². The molecule has 24 heavy (non-hydrogen) atoms. The lowest BCUT2D eigenvalue weighted by Crippen LogP contribution is -2.36. The van der Waals surface area contributed by atoms with Gasteiger partial charge in [-0.25, -0.2) is 4.98 Å². The molecule has 7 nitrogen and oxygen atoms in total. The van der Waals surface area contributed by atoms with E-state index in [-0.39, 0.29) is 0 Å². The van der Waals surface area contributed by atoms with Crippen LogP contribution in [0.5, 0.6) is 0 Å². The zero-order valence-electron chi connectivity index (χ0n) is 13.6. The quantitative estimate of drug-likeness (QED) is 0.553. The second-order valence-corrected chi connectivity index (χ2v) is 5.28. The monoisotopic (exact) mass is 325 g/mol. The third-order valence-electron chi connectivity index (χ3n) is 3.44. The van der Waals surface area contributed by atoms with E-state index in [0.29, 0.717) is 24.9 Å². The van der Waals surface area contributed by atoms with Gasteiger partial charge in [0.1, 0.15) is 18.2 Å². The molecule has 1 aromatic carbocycles. The molecule has 0 fully saturated rings. The molecule has 2 N–H and O–H groups in total. The molecule has 0 unspecified atom stereocenters. The first kappa shape index (κ1) is 15.8. The molecule has 0 saturated carbocycles. The molecule has 2 aromatic heterocycles. The van der Waals surface area contributed by atoms with Crippen molar-refractivity contribution in [2.45, 2.75) is 20.0 Å². The summed E-state index contributed by atoms with van der Waals surface area (Å²) < 4.78 is 10.3. The summed E-state index contributed by atoms with van der Waals surface area (Å²) >= 11 is 0. The van der Waals surface area contributed by atoms with Crippen LogP contribution < -0.4 is 10.6 Å². The first-order valence-corrected chi connectivity index (χ1v) is 7.60. The van der Waals surface area contributed by atoms with Crippen LogP contribution in [0.4, 0.5) is 0 Å². The minimum absolute atomic E-state index is 0.508. The highest BCUT2D eigenvalue weighted by Gasteiger charge is 2.07. The summed E-state index contributed by atoms with van der Waals surface area (Å²) in [5, 5.41) is 10.2. The Morgan fingerprint density at radius 1 is 1.08 bits per heavy atom. The van der Waals surface area contributed by atoms with E-state index in [1.54, 1.807) is 19.4 Å². The van der Waals surface area contributed by atoms with Crippen LogP contribution in [0.2, 0.25) is 0 Å². The third-order valence-corrected chi connectivity index (χ3v) is 3.44. The molecule has 3 aromatic rings. The molecule has 124 valence electrons. The van der Waals surface area contributed by atoms with Crippen molar-refractivity contribution in [2.24, 2.45) is 4.99 Å². The highest BCUT2D eigenvalue weighted by molar-refractivity contribution is 5.79. The Bertz CT molecular complexity index is 791. The molecule has 7 heteroatoms. The Balaban J connectivity index is 1.55. The molecular weight excluding hydrogens is 306 g/mol. The molecule has 0 aliphatic heterocycles. The van der Waals surface area contributed by atoms with Crippen molar-refractivity contribution in [1.29, 1.82) is 0 Å². The zero-order chi connectivity index (χ0) is 16.8. The topological polar surface area (TPSA) is 88.5 Å². The Morgan fingerprint density at radius 3 is 2.50 bits per heavy atom. The van der Waals surface area contributed by atoms with E-state index in [2.05, 4.69) is 25.8 Å². The summed E-state index contributed by atoms with van der Waals surface area (Å²) in [5.41, 5.74) is 3.77. The summed E-state index contributed by atoms with van der Waals surface area (Å²) in [6.45, 7) is 3.09. The van der Waals surface area contributed by atoms with Gasteiger partial charge in [0, 0.05) is 18.7 Å². The number of hydrogen-bond donors (Lipinski definition) is 2. The predicted molar refractivity (Wildman–Crippen MR) is 90.2 cm³/mol. The third kappa shape index (κ3) is 4.01. The number of guanidine groups is 1. The molecule has 0 saturated heterocycles. The highest BCUT2D eigenvalue weighted by Crippen LogP contribution is 2.18. The number of aliphatic imine (C=N–C) groups is 1. The summed E-state index contributed by atoms with van der Waals surface area (Å²) in [4.78, 5) is 8.64. The van der Waals surface area contributed by atoms with Crippen LogP contribution in [0.1, 0.15) is 17.0 Å². The second kappa shape index (κ2) is 7.45. The second-order valence-electron chi connectivity index (χ2n) is 5.28. The van der Waals surface area contributed by atoms with Crippen LogP contribution in [-0.4, -0.2) is 23.1 Å². The van der Waals surface area contributed by atoms with Gasteiger partial charge in [-0.3, -0.25) is 4.99 Å². The predicted octanol–water partition coefficient (Wildman–Crippen LogP) is 2.50. The SMILES string of the molecule is CN=C(NCc1ccon1)NCc1coc(-c2ccc(C)cc2)n1. The molecular formula is C17H19N5O2. The van der Waals surface area contributed by atoms with Crippen molar-refractivity contribution < 1.29 is 8.94 Å². The van der Waals surface area contributed by atoms with Gasteiger partial charge in [-0.05, 0) is 19.1 Å². The van der Waals surface area contributed by atoms with Gasteiger partial charge in [-0.15, -0.1) is 0 Å². The van der Waals surface area contributed by atoms with Crippen LogP contribution >= 0.6 is 0 Å². The summed E-state index contributed by atoms with van der Waals surface area (Å²) in [6.07, 6.45) is 3.18. The molecule has 0 radical (unpaired) electrons.